The lowest BCUT2D eigenvalue weighted by atomic mass is 10.0. The number of aliphatic hydroxyl groups excluding tert-OH is 1. The summed E-state index contributed by atoms with van der Waals surface area (Å²) in [5.41, 5.74) is 1.02. The number of rotatable bonds is 8. The maximum absolute atomic E-state index is 10.3. The Bertz CT molecular complexity index is 511. The van der Waals surface area contributed by atoms with Crippen molar-refractivity contribution in [3.8, 4) is 5.75 Å². The van der Waals surface area contributed by atoms with E-state index in [0.29, 0.717) is 19.8 Å². The number of hydrogen-bond donors (Lipinski definition) is 1. The van der Waals surface area contributed by atoms with Crippen molar-refractivity contribution in [3.63, 3.8) is 0 Å². The summed E-state index contributed by atoms with van der Waals surface area (Å²) in [6.07, 6.45) is 4.76. The van der Waals surface area contributed by atoms with Crippen LogP contribution in [0.2, 0.25) is 0 Å². The quantitative estimate of drug-likeness (QED) is 0.780. The van der Waals surface area contributed by atoms with Gasteiger partial charge < -0.3 is 24.4 Å². The minimum absolute atomic E-state index is 0.365. The van der Waals surface area contributed by atoms with Crippen molar-refractivity contribution in [2.45, 2.75) is 44.4 Å². The first kappa shape index (κ1) is 18.6. The molecule has 2 fully saturated rings. The maximum atomic E-state index is 10.3. The minimum atomic E-state index is -0.432. The summed E-state index contributed by atoms with van der Waals surface area (Å²) in [7, 11) is 1.67. The normalized spacial score (nSPS) is 21.5. The highest BCUT2D eigenvalue weighted by Gasteiger charge is 2.27. The molecule has 1 N–H and O–H groups in total. The van der Waals surface area contributed by atoms with Gasteiger partial charge in [-0.05, 0) is 57.9 Å². The third-order valence-electron chi connectivity index (χ3n) is 5.44. The summed E-state index contributed by atoms with van der Waals surface area (Å²) in [5, 5.41) is 10.3. The molecule has 1 unspecified atom stereocenters. The Balaban J connectivity index is 1.33. The van der Waals surface area contributed by atoms with E-state index in [1.54, 1.807) is 7.11 Å². The second-order valence-corrected chi connectivity index (χ2v) is 7.26. The molecule has 0 radical (unpaired) electrons. The molecule has 2 aliphatic heterocycles. The predicted molar refractivity (Wildman–Crippen MR) is 98.9 cm³/mol. The van der Waals surface area contributed by atoms with Gasteiger partial charge in [0.15, 0.2) is 0 Å². The van der Waals surface area contributed by atoms with Gasteiger partial charge in [0.2, 0.25) is 0 Å². The predicted octanol–water partition coefficient (Wildman–Crippen LogP) is 2.13. The Kier molecular flexibility index (Phi) is 7.11. The first-order chi connectivity index (χ1) is 12.3. The van der Waals surface area contributed by atoms with E-state index in [0.717, 1.165) is 30.4 Å². The van der Waals surface area contributed by atoms with Crippen molar-refractivity contribution in [2.75, 3.05) is 46.4 Å². The highest BCUT2D eigenvalue weighted by Crippen LogP contribution is 2.21. The summed E-state index contributed by atoms with van der Waals surface area (Å²) in [4.78, 5) is 5.04. The molecule has 5 heteroatoms. The number of nitrogens with zero attached hydrogens (tertiary/aromatic N) is 2. The van der Waals surface area contributed by atoms with Crippen LogP contribution in [0.4, 0.5) is 0 Å². The highest BCUT2D eigenvalue weighted by atomic mass is 16.5. The summed E-state index contributed by atoms with van der Waals surface area (Å²) in [6.45, 7) is 6.28. The van der Waals surface area contributed by atoms with Gasteiger partial charge in [-0.1, -0.05) is 18.2 Å². The number of hydrogen-bond acceptors (Lipinski definition) is 5. The molecule has 2 heterocycles. The van der Waals surface area contributed by atoms with Crippen molar-refractivity contribution < 1.29 is 14.6 Å². The van der Waals surface area contributed by atoms with Crippen LogP contribution >= 0.6 is 0 Å². The van der Waals surface area contributed by atoms with E-state index in [9.17, 15) is 5.11 Å². The molecule has 25 heavy (non-hydrogen) atoms. The van der Waals surface area contributed by atoms with Crippen molar-refractivity contribution in [2.24, 2.45) is 0 Å². The first-order valence-electron chi connectivity index (χ1n) is 9.60. The largest absolute Gasteiger partial charge is 0.496 e. The fourth-order valence-electron chi connectivity index (χ4n) is 4.05. The molecule has 2 aliphatic rings. The molecule has 1 aromatic carbocycles. The second kappa shape index (κ2) is 9.53. The standard InChI is InChI=1S/C20H32N2O3/c1-24-20-7-3-2-6-17(20)15-25-16-19(23)14-21-12-8-18(9-13-21)22-10-4-5-11-22/h2-3,6-7,18-19,23H,4-5,8-16H2,1H3. The molecule has 0 saturated carbocycles. The molecule has 1 aromatic rings. The van der Waals surface area contributed by atoms with Gasteiger partial charge in [0, 0.05) is 18.2 Å². The van der Waals surface area contributed by atoms with Crippen LogP contribution < -0.4 is 4.74 Å². The molecule has 5 nitrogen and oxygen atoms in total. The van der Waals surface area contributed by atoms with E-state index in [-0.39, 0.29) is 0 Å². The molecule has 2 saturated heterocycles. The third kappa shape index (κ3) is 5.42. The molecule has 0 aliphatic carbocycles. The maximum Gasteiger partial charge on any atom is 0.124 e. The summed E-state index contributed by atoms with van der Waals surface area (Å²) >= 11 is 0. The summed E-state index contributed by atoms with van der Waals surface area (Å²) in [5.74, 6) is 0.834. The van der Waals surface area contributed by atoms with Crippen molar-refractivity contribution >= 4 is 0 Å². The first-order valence-corrected chi connectivity index (χ1v) is 9.60. The molecule has 0 bridgehead atoms. The van der Waals surface area contributed by atoms with E-state index < -0.39 is 6.10 Å². The number of β-amino-alcohol motifs (C(OH)–C–C–N with tert-alkyl or cyclic N) is 1. The van der Waals surface area contributed by atoms with Gasteiger partial charge in [0.25, 0.3) is 0 Å². The minimum Gasteiger partial charge on any atom is -0.496 e. The fraction of sp³-hybridized carbons (Fsp3) is 0.700. The van der Waals surface area contributed by atoms with Crippen LogP contribution in [0.25, 0.3) is 0 Å². The van der Waals surface area contributed by atoms with Crippen LogP contribution in [0.5, 0.6) is 5.75 Å². The molecule has 0 amide bonds. The second-order valence-electron chi connectivity index (χ2n) is 7.26. The Morgan fingerprint density at radius 2 is 1.84 bits per heavy atom. The van der Waals surface area contributed by atoms with Crippen LogP contribution in [-0.2, 0) is 11.3 Å². The fourth-order valence-corrected chi connectivity index (χ4v) is 4.05. The number of piperidine rings is 1. The number of para-hydroxylation sites is 1. The number of aliphatic hydroxyl groups is 1. The third-order valence-corrected chi connectivity index (χ3v) is 5.44. The van der Waals surface area contributed by atoms with Gasteiger partial charge in [-0.25, -0.2) is 0 Å². The van der Waals surface area contributed by atoms with Crippen LogP contribution in [0, 0.1) is 0 Å². The number of likely N-dealkylation sites (tertiary alicyclic amines) is 2. The monoisotopic (exact) mass is 348 g/mol. The van der Waals surface area contributed by atoms with Crippen LogP contribution in [0.15, 0.2) is 24.3 Å². The lowest BCUT2D eigenvalue weighted by Gasteiger charge is -2.37. The number of benzene rings is 1. The SMILES string of the molecule is COc1ccccc1COCC(O)CN1CCC(N2CCCC2)CC1. The zero-order chi connectivity index (χ0) is 17.5. The lowest BCUT2D eigenvalue weighted by molar-refractivity contribution is 0.00192. The van der Waals surface area contributed by atoms with Crippen molar-refractivity contribution in [3.05, 3.63) is 29.8 Å². The van der Waals surface area contributed by atoms with E-state index >= 15 is 0 Å². The lowest BCUT2D eigenvalue weighted by Crippen LogP contribution is -2.46. The van der Waals surface area contributed by atoms with Gasteiger partial charge in [0.05, 0.1) is 26.4 Å². The highest BCUT2D eigenvalue weighted by molar-refractivity contribution is 5.32. The van der Waals surface area contributed by atoms with E-state index in [4.69, 9.17) is 9.47 Å². The molecular weight excluding hydrogens is 316 g/mol. The van der Waals surface area contributed by atoms with Gasteiger partial charge in [-0.15, -0.1) is 0 Å². The topological polar surface area (TPSA) is 45.2 Å². The Morgan fingerprint density at radius 3 is 2.56 bits per heavy atom. The molecule has 0 aromatic heterocycles. The average Bonchev–Trinajstić information content (AvgIpc) is 3.17. The Labute approximate surface area is 151 Å². The smallest absolute Gasteiger partial charge is 0.124 e. The van der Waals surface area contributed by atoms with E-state index in [1.807, 2.05) is 24.3 Å². The zero-order valence-corrected chi connectivity index (χ0v) is 15.4. The molecule has 0 spiro atoms. The van der Waals surface area contributed by atoms with Gasteiger partial charge in [-0.2, -0.15) is 0 Å². The van der Waals surface area contributed by atoms with Crippen molar-refractivity contribution in [1.82, 2.24) is 9.80 Å². The van der Waals surface area contributed by atoms with Crippen molar-refractivity contribution in [1.29, 1.82) is 0 Å². The molecule has 3 rings (SSSR count). The summed E-state index contributed by atoms with van der Waals surface area (Å²) < 4.78 is 11.0. The number of methoxy groups -OCH3 is 1. The molecule has 1 atom stereocenters. The number of ether oxygens (including phenoxy) is 2. The van der Waals surface area contributed by atoms with Gasteiger partial charge >= 0.3 is 0 Å². The van der Waals surface area contributed by atoms with E-state index in [1.165, 1.54) is 38.8 Å². The Hall–Kier alpha value is -1.14. The summed E-state index contributed by atoms with van der Waals surface area (Å²) in [6, 6.07) is 8.61. The van der Waals surface area contributed by atoms with Gasteiger partial charge in [-0.3, -0.25) is 0 Å². The van der Waals surface area contributed by atoms with Crippen LogP contribution in [0.1, 0.15) is 31.2 Å². The van der Waals surface area contributed by atoms with Crippen LogP contribution in [-0.4, -0.2) is 73.5 Å². The average molecular weight is 348 g/mol. The van der Waals surface area contributed by atoms with E-state index in [2.05, 4.69) is 9.80 Å². The zero-order valence-electron chi connectivity index (χ0n) is 15.4. The molecular formula is C20H32N2O3. The Morgan fingerprint density at radius 1 is 1.12 bits per heavy atom. The van der Waals surface area contributed by atoms with Crippen LogP contribution in [0.3, 0.4) is 0 Å². The van der Waals surface area contributed by atoms with Gasteiger partial charge in [0.1, 0.15) is 5.75 Å². The molecule has 140 valence electrons.